The maximum atomic E-state index is 14.9. The van der Waals surface area contributed by atoms with Crippen LogP contribution in [0.1, 0.15) is 29.2 Å². The molecule has 1 aromatic heterocycles. The predicted octanol–water partition coefficient (Wildman–Crippen LogP) is 1.68. The Hall–Kier alpha value is -2.96. The fraction of sp³-hybridized carbons (Fsp3) is 0.400. The number of hydrogen-bond acceptors (Lipinski definition) is 5. The molecule has 1 saturated carbocycles. The van der Waals surface area contributed by atoms with E-state index < -0.39 is 17.2 Å². The monoisotopic (exact) mass is 385 g/mol. The van der Waals surface area contributed by atoms with Gasteiger partial charge in [-0.2, -0.15) is 0 Å². The highest BCUT2D eigenvalue weighted by Gasteiger charge is 2.28. The molecule has 8 heteroatoms. The van der Waals surface area contributed by atoms with Crippen LogP contribution in [0.2, 0.25) is 0 Å². The number of carbonyl (C=O) groups excluding carboxylic acids is 1. The van der Waals surface area contributed by atoms with Gasteiger partial charge in [0.05, 0.1) is 11.2 Å². The van der Waals surface area contributed by atoms with Crippen LogP contribution in [-0.2, 0) is 4.79 Å². The number of rotatable bonds is 5. The Morgan fingerprint density at radius 1 is 1.25 bits per heavy atom. The van der Waals surface area contributed by atoms with Crippen molar-refractivity contribution in [2.75, 3.05) is 37.6 Å². The molecule has 0 unspecified atom stereocenters. The lowest BCUT2D eigenvalue weighted by atomic mass is 10.1. The van der Waals surface area contributed by atoms with Crippen LogP contribution in [0.4, 0.5) is 10.1 Å². The number of piperazine rings is 1. The van der Waals surface area contributed by atoms with Crippen molar-refractivity contribution in [3.05, 3.63) is 46.0 Å². The number of pyridine rings is 1. The molecule has 146 valence electrons. The summed E-state index contributed by atoms with van der Waals surface area (Å²) in [5.74, 6) is -0.0683. The van der Waals surface area contributed by atoms with E-state index >= 15 is 0 Å². The van der Waals surface area contributed by atoms with Gasteiger partial charge in [0, 0.05) is 56.4 Å². The largest absolute Gasteiger partial charge is 0.477 e. The first-order valence-corrected chi connectivity index (χ1v) is 9.28. The average molecular weight is 385 g/mol. The summed E-state index contributed by atoms with van der Waals surface area (Å²) < 4.78 is 16.7. The molecule has 0 spiro atoms. The zero-order chi connectivity index (χ0) is 19.8. The van der Waals surface area contributed by atoms with Crippen molar-refractivity contribution < 1.29 is 19.1 Å². The topological polar surface area (TPSA) is 82.8 Å². The second-order valence-electron chi connectivity index (χ2n) is 7.25. The quantitative estimate of drug-likeness (QED) is 0.789. The Morgan fingerprint density at radius 3 is 2.57 bits per heavy atom. The number of benzene rings is 1. The molecular formula is C20H20FN3O4. The molecule has 0 radical (unpaired) electrons. The standard InChI is InChI=1S/C20H20FN3O4/c21-16-10-14-17(24(13-2-3-13)12-15(19(14)26)20(27)28)11-18(16)23-7-5-22(6-8-23)4-1-9-25/h1,10-13H,2-8H2,(H,27,28). The molecule has 2 aromatic rings. The third-order valence-corrected chi connectivity index (χ3v) is 5.42. The first-order chi connectivity index (χ1) is 13.5. The Balaban J connectivity index is 1.73. The van der Waals surface area contributed by atoms with E-state index in [1.54, 1.807) is 16.6 Å². The van der Waals surface area contributed by atoms with Gasteiger partial charge >= 0.3 is 5.97 Å². The van der Waals surface area contributed by atoms with Gasteiger partial charge in [-0.1, -0.05) is 0 Å². The predicted molar refractivity (Wildman–Crippen MR) is 102 cm³/mol. The van der Waals surface area contributed by atoms with Gasteiger partial charge in [0.15, 0.2) is 0 Å². The van der Waals surface area contributed by atoms with Crippen molar-refractivity contribution in [2.24, 2.45) is 0 Å². The molecular weight excluding hydrogens is 365 g/mol. The van der Waals surface area contributed by atoms with E-state index in [2.05, 4.69) is 4.90 Å². The van der Waals surface area contributed by atoms with Crippen LogP contribution in [0.25, 0.3) is 10.9 Å². The third-order valence-electron chi connectivity index (χ3n) is 5.42. The van der Waals surface area contributed by atoms with Crippen LogP contribution in [0.5, 0.6) is 0 Å². The molecule has 2 aliphatic rings. The summed E-state index contributed by atoms with van der Waals surface area (Å²) in [6, 6.07) is 2.98. The van der Waals surface area contributed by atoms with Crippen molar-refractivity contribution in [1.29, 1.82) is 0 Å². The maximum absolute atomic E-state index is 14.9. The van der Waals surface area contributed by atoms with Crippen molar-refractivity contribution in [3.8, 4) is 0 Å². The number of halogens is 1. The molecule has 7 nitrogen and oxygen atoms in total. The van der Waals surface area contributed by atoms with Gasteiger partial charge in [0.1, 0.15) is 17.3 Å². The highest BCUT2D eigenvalue weighted by Crippen LogP contribution is 2.38. The van der Waals surface area contributed by atoms with Gasteiger partial charge in [-0.15, -0.1) is 0 Å². The molecule has 1 N–H and O–H groups in total. The van der Waals surface area contributed by atoms with Gasteiger partial charge in [-0.05, 0) is 25.0 Å². The minimum atomic E-state index is -1.30. The smallest absolute Gasteiger partial charge is 0.341 e. The summed E-state index contributed by atoms with van der Waals surface area (Å²) in [6.07, 6.45) is 4.63. The van der Waals surface area contributed by atoms with E-state index in [0.29, 0.717) is 43.9 Å². The SMILES string of the molecule is O=C=CCN1CCN(c2cc3c(cc2F)c(=O)c(C(=O)O)cn3C2CC2)CC1. The molecule has 1 aromatic carbocycles. The third kappa shape index (κ3) is 3.32. The fourth-order valence-corrected chi connectivity index (χ4v) is 3.75. The molecule has 4 rings (SSSR count). The average Bonchev–Trinajstić information content (AvgIpc) is 3.52. The Bertz CT molecular complexity index is 1050. The lowest BCUT2D eigenvalue weighted by molar-refractivity contribution is 0.0695. The number of carboxylic acid groups (broad SMARTS) is 1. The molecule has 1 aliphatic heterocycles. The molecule has 1 aliphatic carbocycles. The van der Waals surface area contributed by atoms with Crippen molar-refractivity contribution in [3.63, 3.8) is 0 Å². The second-order valence-corrected chi connectivity index (χ2v) is 7.25. The fourth-order valence-electron chi connectivity index (χ4n) is 3.75. The Morgan fingerprint density at radius 2 is 1.96 bits per heavy atom. The minimum absolute atomic E-state index is 0.0998. The summed E-state index contributed by atoms with van der Waals surface area (Å²) in [5, 5.41) is 9.42. The lowest BCUT2D eigenvalue weighted by Crippen LogP contribution is -2.46. The first kappa shape index (κ1) is 18.4. The summed E-state index contributed by atoms with van der Waals surface area (Å²) in [5.41, 5.74) is -0.00566. The molecule has 2 heterocycles. The van der Waals surface area contributed by atoms with Crippen LogP contribution >= 0.6 is 0 Å². The molecule has 0 atom stereocenters. The molecule has 28 heavy (non-hydrogen) atoms. The number of hydrogen-bond donors (Lipinski definition) is 1. The summed E-state index contributed by atoms with van der Waals surface area (Å²) in [6.45, 7) is 3.08. The highest BCUT2D eigenvalue weighted by atomic mass is 19.1. The van der Waals surface area contributed by atoms with Crippen LogP contribution < -0.4 is 10.3 Å². The zero-order valence-electron chi connectivity index (χ0n) is 15.2. The zero-order valence-corrected chi connectivity index (χ0v) is 15.2. The Labute approximate surface area is 160 Å². The van der Waals surface area contributed by atoms with E-state index in [0.717, 1.165) is 12.8 Å². The van der Waals surface area contributed by atoms with E-state index in [9.17, 15) is 23.9 Å². The van der Waals surface area contributed by atoms with Crippen molar-refractivity contribution >= 4 is 28.5 Å². The number of fused-ring (bicyclic) bond motifs is 1. The molecule has 0 amide bonds. The maximum Gasteiger partial charge on any atom is 0.341 e. The van der Waals surface area contributed by atoms with Gasteiger partial charge < -0.3 is 14.6 Å². The number of aromatic carboxylic acids is 1. The van der Waals surface area contributed by atoms with E-state index in [4.69, 9.17) is 0 Å². The van der Waals surface area contributed by atoms with Crippen LogP contribution in [0.15, 0.2) is 29.2 Å². The van der Waals surface area contributed by atoms with E-state index in [1.807, 2.05) is 4.90 Å². The van der Waals surface area contributed by atoms with E-state index in [1.165, 1.54) is 18.3 Å². The highest BCUT2D eigenvalue weighted by molar-refractivity contribution is 5.93. The van der Waals surface area contributed by atoms with Gasteiger partial charge in [0.25, 0.3) is 0 Å². The lowest BCUT2D eigenvalue weighted by Gasteiger charge is -2.35. The molecule has 0 bridgehead atoms. The number of anilines is 1. The van der Waals surface area contributed by atoms with Crippen molar-refractivity contribution in [1.82, 2.24) is 9.47 Å². The summed E-state index contributed by atoms with van der Waals surface area (Å²) in [7, 11) is 0. The van der Waals surface area contributed by atoms with Crippen molar-refractivity contribution in [2.45, 2.75) is 18.9 Å². The number of carboxylic acids is 1. The molecule has 2 fully saturated rings. The molecule has 1 saturated heterocycles. The van der Waals surface area contributed by atoms with Gasteiger partial charge in [-0.25, -0.2) is 14.0 Å². The number of aromatic nitrogens is 1. The first-order valence-electron chi connectivity index (χ1n) is 9.28. The Kier molecular flexibility index (Phi) is 4.75. The minimum Gasteiger partial charge on any atom is -0.477 e. The number of carbonyl (C=O) groups is 1. The normalized spacial score (nSPS) is 17.5. The van der Waals surface area contributed by atoms with Crippen LogP contribution in [0.3, 0.4) is 0 Å². The number of nitrogens with zero attached hydrogens (tertiary/aromatic N) is 3. The second kappa shape index (κ2) is 7.22. The van der Waals surface area contributed by atoms with Gasteiger partial charge in [-0.3, -0.25) is 9.69 Å². The summed E-state index contributed by atoms with van der Waals surface area (Å²) in [4.78, 5) is 38.3. The van der Waals surface area contributed by atoms with Crippen LogP contribution in [-0.4, -0.2) is 59.2 Å². The van der Waals surface area contributed by atoms with Crippen LogP contribution in [0, 0.1) is 5.82 Å². The van der Waals surface area contributed by atoms with E-state index in [-0.39, 0.29) is 17.0 Å². The summed E-state index contributed by atoms with van der Waals surface area (Å²) >= 11 is 0. The van der Waals surface area contributed by atoms with Gasteiger partial charge in [0.2, 0.25) is 5.43 Å².